The van der Waals surface area contributed by atoms with Gasteiger partial charge in [-0.1, -0.05) is 6.07 Å². The second kappa shape index (κ2) is 11.7. The van der Waals surface area contributed by atoms with Crippen molar-refractivity contribution in [3.05, 3.63) is 47.5 Å². The molecule has 0 fully saturated rings. The molecule has 0 bridgehead atoms. The molecular formula is C23H31F3N2O6S2. The first-order chi connectivity index (χ1) is 16.6. The number of sulfone groups is 1. The van der Waals surface area contributed by atoms with Crippen LogP contribution >= 0.6 is 0 Å². The summed E-state index contributed by atoms with van der Waals surface area (Å²) in [5.74, 6) is 1.000. The normalized spacial score (nSPS) is 14.2. The summed E-state index contributed by atoms with van der Waals surface area (Å²) in [6.45, 7) is 6.94. The molecule has 0 aromatic heterocycles. The van der Waals surface area contributed by atoms with Crippen LogP contribution in [0, 0.1) is 0 Å². The van der Waals surface area contributed by atoms with Crippen molar-refractivity contribution >= 4 is 25.5 Å². The van der Waals surface area contributed by atoms with Gasteiger partial charge in [0.05, 0.1) is 29.7 Å². The maximum absolute atomic E-state index is 13.4. The lowest BCUT2D eigenvalue weighted by Gasteiger charge is -2.21. The van der Waals surface area contributed by atoms with E-state index >= 15 is 0 Å². The fourth-order valence-electron chi connectivity index (χ4n) is 3.15. The Labute approximate surface area is 210 Å². The Morgan fingerprint density at radius 3 is 2.08 bits per heavy atom. The van der Waals surface area contributed by atoms with E-state index in [4.69, 9.17) is 9.47 Å². The molecule has 2 aromatic carbocycles. The van der Waals surface area contributed by atoms with Crippen LogP contribution in [0.3, 0.4) is 0 Å². The summed E-state index contributed by atoms with van der Waals surface area (Å²) in [6.07, 6.45) is -3.84. The third kappa shape index (κ3) is 7.74. The van der Waals surface area contributed by atoms with Crippen molar-refractivity contribution in [3.8, 4) is 11.5 Å². The highest BCUT2D eigenvalue weighted by Crippen LogP contribution is 2.36. The van der Waals surface area contributed by atoms with Crippen molar-refractivity contribution < 1.29 is 39.5 Å². The van der Waals surface area contributed by atoms with Gasteiger partial charge in [-0.05, 0) is 63.6 Å². The first kappa shape index (κ1) is 29.7. The lowest BCUT2D eigenvalue weighted by molar-refractivity contribution is -0.137. The van der Waals surface area contributed by atoms with Crippen LogP contribution in [0.15, 0.2) is 41.3 Å². The number of hydrogen-bond donors (Lipinski definition) is 2. The number of sulfonamides is 1. The van der Waals surface area contributed by atoms with Crippen molar-refractivity contribution in [1.29, 1.82) is 0 Å². The van der Waals surface area contributed by atoms with Crippen LogP contribution in [0.25, 0.3) is 0 Å². The Balaban J connectivity index is 2.45. The molecule has 2 unspecified atom stereocenters. The Bertz CT molecular complexity index is 1270. The summed E-state index contributed by atoms with van der Waals surface area (Å²) in [5, 5.41) is 1.87. The summed E-state index contributed by atoms with van der Waals surface area (Å²) in [6, 6.07) is 6.92. The van der Waals surface area contributed by atoms with Crippen LogP contribution in [0.2, 0.25) is 0 Å². The second-order valence-electron chi connectivity index (χ2n) is 8.14. The predicted octanol–water partition coefficient (Wildman–Crippen LogP) is 4.39. The van der Waals surface area contributed by atoms with Crippen LogP contribution in [0.1, 0.15) is 44.9 Å². The van der Waals surface area contributed by atoms with Crippen LogP contribution in [0.5, 0.6) is 11.5 Å². The Hall–Kier alpha value is -2.51. The van der Waals surface area contributed by atoms with Gasteiger partial charge in [0.15, 0.2) is 21.3 Å². The first-order valence-corrected chi connectivity index (χ1v) is 14.6. The summed E-state index contributed by atoms with van der Waals surface area (Å²) < 4.78 is 103. The average Bonchev–Trinajstić information content (AvgIpc) is 2.77. The van der Waals surface area contributed by atoms with Gasteiger partial charge < -0.3 is 14.8 Å². The number of hydrogen-bond acceptors (Lipinski definition) is 7. The quantitative estimate of drug-likeness (QED) is 0.402. The number of ether oxygens (including phenoxy) is 2. The van der Waals surface area contributed by atoms with Crippen LogP contribution in [-0.4, -0.2) is 48.1 Å². The highest BCUT2D eigenvalue weighted by Gasteiger charge is 2.33. The third-order valence-electron chi connectivity index (χ3n) is 5.33. The monoisotopic (exact) mass is 552 g/mol. The van der Waals surface area contributed by atoms with Crippen molar-refractivity contribution in [2.24, 2.45) is 0 Å². The van der Waals surface area contributed by atoms with Crippen LogP contribution in [-0.2, 0) is 26.0 Å². The molecule has 0 aliphatic rings. The first-order valence-electron chi connectivity index (χ1n) is 11.2. The van der Waals surface area contributed by atoms with E-state index in [1.165, 1.54) is 6.92 Å². The van der Waals surface area contributed by atoms with Gasteiger partial charge in [-0.25, -0.2) is 21.6 Å². The molecule has 0 heterocycles. The smallest absolute Gasteiger partial charge is 0.416 e. The van der Waals surface area contributed by atoms with Crippen molar-refractivity contribution in [1.82, 2.24) is 4.72 Å². The molecule has 0 spiro atoms. The lowest BCUT2D eigenvalue weighted by atomic mass is 10.1. The Morgan fingerprint density at radius 1 is 0.917 bits per heavy atom. The molecule has 202 valence electrons. The SMILES string of the molecule is CCOc1ccc(C(C)Nc2ccc(C(F)(F)F)cc2S(=O)(=O)NCC(C)S(C)(=O)=O)cc1OCC. The van der Waals surface area contributed by atoms with Gasteiger partial charge in [-0.15, -0.1) is 0 Å². The van der Waals surface area contributed by atoms with E-state index in [1.807, 2.05) is 6.92 Å². The minimum absolute atomic E-state index is 0.0816. The standard InChI is InChI=1S/C23H31F3N2O6S2/c1-6-33-20-11-8-17(12-21(20)34-7-2)16(4)28-19-10-9-18(23(24,25)26)13-22(19)36(31,32)27-14-15(3)35(5,29)30/h8-13,15-16,27-28H,6-7,14H2,1-5H3. The van der Waals surface area contributed by atoms with Gasteiger partial charge in [-0.2, -0.15) is 13.2 Å². The van der Waals surface area contributed by atoms with E-state index in [9.17, 15) is 30.0 Å². The topological polar surface area (TPSA) is 111 Å². The zero-order valence-electron chi connectivity index (χ0n) is 20.6. The van der Waals surface area contributed by atoms with Gasteiger partial charge in [0.2, 0.25) is 10.0 Å². The molecule has 0 saturated carbocycles. The van der Waals surface area contributed by atoms with E-state index < -0.39 is 54.3 Å². The minimum Gasteiger partial charge on any atom is -0.490 e. The molecule has 0 saturated heterocycles. The second-order valence-corrected chi connectivity index (χ2v) is 12.3. The molecule has 0 amide bonds. The largest absolute Gasteiger partial charge is 0.490 e. The van der Waals surface area contributed by atoms with E-state index in [0.29, 0.717) is 36.3 Å². The predicted molar refractivity (Wildman–Crippen MR) is 132 cm³/mol. The Kier molecular flexibility index (Phi) is 9.65. The maximum Gasteiger partial charge on any atom is 0.416 e. The van der Waals surface area contributed by atoms with Gasteiger partial charge >= 0.3 is 6.18 Å². The van der Waals surface area contributed by atoms with Gasteiger partial charge in [0, 0.05) is 18.8 Å². The summed E-state index contributed by atoms with van der Waals surface area (Å²) in [7, 11) is -8.07. The van der Waals surface area contributed by atoms with Crippen LogP contribution < -0.4 is 19.5 Å². The Morgan fingerprint density at radius 2 is 1.53 bits per heavy atom. The molecule has 0 radical (unpaired) electrons. The zero-order chi connectivity index (χ0) is 27.3. The fraction of sp³-hybridized carbons (Fsp3) is 0.478. The molecule has 36 heavy (non-hydrogen) atoms. The molecule has 2 aromatic rings. The molecule has 13 heteroatoms. The van der Waals surface area contributed by atoms with Crippen molar-refractivity contribution in [2.45, 2.75) is 50.1 Å². The van der Waals surface area contributed by atoms with E-state index in [2.05, 4.69) is 10.0 Å². The summed E-state index contributed by atoms with van der Waals surface area (Å²) >= 11 is 0. The highest BCUT2D eigenvalue weighted by atomic mass is 32.2. The average molecular weight is 553 g/mol. The minimum atomic E-state index is -4.78. The molecule has 8 nitrogen and oxygen atoms in total. The maximum atomic E-state index is 13.4. The zero-order valence-corrected chi connectivity index (χ0v) is 22.3. The number of anilines is 1. The van der Waals surface area contributed by atoms with E-state index in [0.717, 1.165) is 18.4 Å². The fourth-order valence-corrected chi connectivity index (χ4v) is 4.97. The molecule has 2 atom stereocenters. The number of halogens is 3. The number of rotatable bonds is 12. The molecule has 0 aliphatic carbocycles. The number of alkyl halides is 3. The van der Waals surface area contributed by atoms with Crippen molar-refractivity contribution in [3.63, 3.8) is 0 Å². The van der Waals surface area contributed by atoms with Gasteiger partial charge in [-0.3, -0.25) is 0 Å². The summed E-state index contributed by atoms with van der Waals surface area (Å²) in [5.41, 5.74) is -0.567. The van der Waals surface area contributed by atoms with Gasteiger partial charge in [0.25, 0.3) is 0 Å². The van der Waals surface area contributed by atoms with E-state index in [-0.39, 0.29) is 5.69 Å². The van der Waals surface area contributed by atoms with Gasteiger partial charge in [0.1, 0.15) is 4.90 Å². The summed E-state index contributed by atoms with van der Waals surface area (Å²) in [4.78, 5) is -0.652. The molecular weight excluding hydrogens is 521 g/mol. The third-order valence-corrected chi connectivity index (χ3v) is 8.42. The molecule has 2 N–H and O–H groups in total. The van der Waals surface area contributed by atoms with Crippen LogP contribution in [0.4, 0.5) is 18.9 Å². The lowest BCUT2D eigenvalue weighted by Crippen LogP contribution is -2.35. The number of benzene rings is 2. The number of nitrogens with one attached hydrogen (secondary N) is 2. The molecule has 0 aliphatic heterocycles. The van der Waals surface area contributed by atoms with E-state index in [1.54, 1.807) is 32.0 Å². The highest BCUT2D eigenvalue weighted by molar-refractivity contribution is 7.91. The van der Waals surface area contributed by atoms with Crippen molar-refractivity contribution in [2.75, 3.05) is 31.3 Å². The molecule has 2 rings (SSSR count).